The van der Waals surface area contributed by atoms with E-state index >= 15 is 0 Å². The summed E-state index contributed by atoms with van der Waals surface area (Å²) in [5.74, 6) is 0.435. The Balaban J connectivity index is 1.35. The van der Waals surface area contributed by atoms with Gasteiger partial charge >= 0.3 is 0 Å². The van der Waals surface area contributed by atoms with Gasteiger partial charge in [0.1, 0.15) is 28.1 Å². The topological polar surface area (TPSA) is 107 Å². The van der Waals surface area contributed by atoms with E-state index in [9.17, 15) is 9.18 Å². The van der Waals surface area contributed by atoms with Crippen LogP contribution in [0.5, 0.6) is 0 Å². The van der Waals surface area contributed by atoms with E-state index in [-0.39, 0.29) is 22.4 Å². The Kier molecular flexibility index (Phi) is 7.04. The van der Waals surface area contributed by atoms with Crippen LogP contribution in [0.15, 0.2) is 36.7 Å². The number of nitrogens with one attached hydrogen (secondary N) is 1. The van der Waals surface area contributed by atoms with Gasteiger partial charge in [-0.05, 0) is 48.9 Å². The smallest absolute Gasteiger partial charge is 0.150 e. The van der Waals surface area contributed by atoms with E-state index < -0.39 is 6.04 Å². The van der Waals surface area contributed by atoms with Gasteiger partial charge in [-0.25, -0.2) is 9.37 Å². The van der Waals surface area contributed by atoms with Crippen molar-refractivity contribution in [2.75, 3.05) is 11.9 Å². The van der Waals surface area contributed by atoms with Crippen molar-refractivity contribution in [1.29, 1.82) is 0 Å². The predicted molar refractivity (Wildman–Crippen MR) is 132 cm³/mol. The number of pyridine rings is 1. The first-order valence-corrected chi connectivity index (χ1v) is 12.4. The number of rotatable bonds is 9. The van der Waals surface area contributed by atoms with Crippen molar-refractivity contribution < 1.29 is 9.18 Å². The van der Waals surface area contributed by atoms with Gasteiger partial charge in [-0.3, -0.25) is 9.78 Å². The average Bonchev–Trinajstić information content (AvgIpc) is 3.26. The highest BCUT2D eigenvalue weighted by molar-refractivity contribution is 7.15. The molecule has 0 bridgehead atoms. The number of Topliss-reactive ketones (excluding diaryl/α,β-unsaturated/α-hetero) is 1. The van der Waals surface area contributed by atoms with Crippen LogP contribution in [0.2, 0.25) is 0 Å². The van der Waals surface area contributed by atoms with Crippen molar-refractivity contribution in [2.45, 2.75) is 64.3 Å². The van der Waals surface area contributed by atoms with Crippen LogP contribution >= 0.6 is 11.3 Å². The van der Waals surface area contributed by atoms with Crippen LogP contribution < -0.4 is 11.1 Å². The molecule has 3 heterocycles. The first kappa shape index (κ1) is 24.3. The molecule has 0 amide bonds. The number of aryl methyl sites for hydroxylation is 1. The fourth-order valence-corrected chi connectivity index (χ4v) is 4.98. The van der Waals surface area contributed by atoms with Crippen LogP contribution in [-0.4, -0.2) is 38.5 Å². The van der Waals surface area contributed by atoms with Crippen molar-refractivity contribution in [3.05, 3.63) is 53.0 Å². The van der Waals surface area contributed by atoms with Gasteiger partial charge in [-0.15, -0.1) is 21.5 Å². The molecule has 0 unspecified atom stereocenters. The minimum Gasteiger partial charge on any atom is -0.368 e. The summed E-state index contributed by atoms with van der Waals surface area (Å²) in [6.45, 7) is 6.47. The first-order valence-electron chi connectivity index (χ1n) is 11.6. The molecule has 9 heteroatoms. The Bertz CT molecular complexity index is 1140. The normalized spacial score (nSPS) is 16.0. The molecular formula is C25H31FN6OS. The predicted octanol–water partition coefficient (Wildman–Crippen LogP) is 4.54. The SMILES string of the molecule is CC(C)(C)[C@H](N)C(=O)CCc1cnc(-c2ccc(NCC3(c4ncccc4F)CCC3)nn2)s1. The maximum atomic E-state index is 14.3. The summed E-state index contributed by atoms with van der Waals surface area (Å²) in [4.78, 5) is 22.1. The van der Waals surface area contributed by atoms with Gasteiger partial charge in [0, 0.05) is 35.7 Å². The van der Waals surface area contributed by atoms with E-state index in [0.29, 0.717) is 36.6 Å². The summed E-state index contributed by atoms with van der Waals surface area (Å²) < 4.78 is 14.3. The lowest BCUT2D eigenvalue weighted by molar-refractivity contribution is -0.122. The summed E-state index contributed by atoms with van der Waals surface area (Å²) in [5, 5.41) is 12.7. The minimum atomic E-state index is -0.473. The zero-order valence-electron chi connectivity index (χ0n) is 19.8. The third-order valence-electron chi connectivity index (χ3n) is 6.51. The second kappa shape index (κ2) is 9.84. The van der Waals surface area contributed by atoms with Crippen LogP contribution in [0.3, 0.4) is 0 Å². The number of halogens is 1. The summed E-state index contributed by atoms with van der Waals surface area (Å²) in [7, 11) is 0. The summed E-state index contributed by atoms with van der Waals surface area (Å²) in [6.07, 6.45) is 7.28. The number of thiazole rings is 1. The Labute approximate surface area is 203 Å². The molecule has 3 aromatic rings. The number of carbonyl (C=O) groups excluding carboxylic acids is 1. The molecule has 0 saturated heterocycles. The van der Waals surface area contributed by atoms with E-state index in [4.69, 9.17) is 5.73 Å². The summed E-state index contributed by atoms with van der Waals surface area (Å²) in [6, 6.07) is 6.34. The number of ketones is 1. The van der Waals surface area contributed by atoms with Gasteiger partial charge in [-0.2, -0.15) is 0 Å². The monoisotopic (exact) mass is 482 g/mol. The highest BCUT2D eigenvalue weighted by Gasteiger charge is 2.41. The van der Waals surface area contributed by atoms with Crippen LogP contribution in [0.25, 0.3) is 10.7 Å². The Hall–Kier alpha value is -2.78. The number of hydrogen-bond donors (Lipinski definition) is 2. The van der Waals surface area contributed by atoms with Gasteiger partial charge < -0.3 is 11.1 Å². The highest BCUT2D eigenvalue weighted by Crippen LogP contribution is 2.43. The van der Waals surface area contributed by atoms with E-state index in [1.165, 1.54) is 17.4 Å². The number of nitrogens with two attached hydrogens (primary N) is 1. The third kappa shape index (κ3) is 5.31. The van der Waals surface area contributed by atoms with Gasteiger partial charge in [0.15, 0.2) is 0 Å². The standard InChI is InChI=1S/C25H31FN6OS/c1-24(2,3)21(27)19(33)9-7-16-14-29-23(34-16)18-8-10-20(32-31-18)30-15-25(11-5-12-25)22-17(26)6-4-13-28-22/h4,6,8,10,13-14,21H,5,7,9,11-12,15,27H2,1-3H3,(H,30,32)/t21-/m1/s1. The number of hydrogen-bond acceptors (Lipinski definition) is 8. The molecular weight excluding hydrogens is 451 g/mol. The molecule has 1 fully saturated rings. The molecule has 0 aliphatic heterocycles. The summed E-state index contributed by atoms with van der Waals surface area (Å²) >= 11 is 1.51. The Morgan fingerprint density at radius 2 is 2.03 bits per heavy atom. The second-order valence-corrected chi connectivity index (χ2v) is 11.2. The third-order valence-corrected chi connectivity index (χ3v) is 7.59. The molecule has 7 nitrogen and oxygen atoms in total. The molecule has 3 aromatic heterocycles. The molecule has 1 atom stereocenters. The molecule has 1 aliphatic carbocycles. The van der Waals surface area contributed by atoms with Gasteiger partial charge in [-0.1, -0.05) is 27.2 Å². The lowest BCUT2D eigenvalue weighted by atomic mass is 9.66. The molecule has 34 heavy (non-hydrogen) atoms. The molecule has 4 rings (SSSR count). The van der Waals surface area contributed by atoms with E-state index in [2.05, 4.69) is 25.5 Å². The van der Waals surface area contributed by atoms with Gasteiger partial charge in [0.25, 0.3) is 0 Å². The zero-order chi connectivity index (χ0) is 24.3. The maximum absolute atomic E-state index is 14.3. The molecule has 180 valence electrons. The molecule has 0 radical (unpaired) electrons. The van der Waals surface area contributed by atoms with E-state index in [0.717, 1.165) is 29.1 Å². The molecule has 3 N–H and O–H groups in total. The highest BCUT2D eigenvalue weighted by atomic mass is 32.1. The fraction of sp³-hybridized carbons (Fsp3) is 0.480. The minimum absolute atomic E-state index is 0.0625. The van der Waals surface area contributed by atoms with Gasteiger partial charge in [0.2, 0.25) is 0 Å². The maximum Gasteiger partial charge on any atom is 0.150 e. The number of anilines is 1. The number of carbonyl (C=O) groups is 1. The van der Waals surface area contributed by atoms with Crippen molar-refractivity contribution in [2.24, 2.45) is 11.1 Å². The largest absolute Gasteiger partial charge is 0.368 e. The van der Waals surface area contributed by atoms with Gasteiger partial charge in [0.05, 0.1) is 11.7 Å². The van der Waals surface area contributed by atoms with Crippen molar-refractivity contribution in [3.8, 4) is 10.7 Å². The Morgan fingerprint density at radius 1 is 1.24 bits per heavy atom. The lowest BCUT2D eigenvalue weighted by Gasteiger charge is -2.41. The molecule has 1 aliphatic rings. The first-order chi connectivity index (χ1) is 16.2. The number of nitrogens with zero attached hydrogens (tertiary/aromatic N) is 4. The van der Waals surface area contributed by atoms with E-state index in [1.807, 2.05) is 32.9 Å². The fourth-order valence-electron chi connectivity index (χ4n) is 4.10. The number of aromatic nitrogens is 4. The zero-order valence-corrected chi connectivity index (χ0v) is 20.7. The van der Waals surface area contributed by atoms with Crippen molar-refractivity contribution in [1.82, 2.24) is 20.2 Å². The van der Waals surface area contributed by atoms with Crippen molar-refractivity contribution >= 4 is 22.9 Å². The van der Waals surface area contributed by atoms with Crippen LogP contribution in [0.4, 0.5) is 10.2 Å². The Morgan fingerprint density at radius 3 is 2.65 bits per heavy atom. The van der Waals surface area contributed by atoms with Crippen LogP contribution in [0, 0.1) is 11.2 Å². The summed E-state index contributed by atoms with van der Waals surface area (Å²) in [5.41, 5.74) is 6.72. The van der Waals surface area contributed by atoms with Crippen LogP contribution in [0.1, 0.15) is 57.0 Å². The molecule has 1 saturated carbocycles. The average molecular weight is 483 g/mol. The second-order valence-electron chi connectivity index (χ2n) is 10.1. The van der Waals surface area contributed by atoms with Crippen molar-refractivity contribution in [3.63, 3.8) is 0 Å². The lowest BCUT2D eigenvalue weighted by Crippen LogP contribution is -2.42. The molecule has 0 spiro atoms. The van der Waals surface area contributed by atoms with Crippen LogP contribution in [-0.2, 0) is 16.6 Å². The van der Waals surface area contributed by atoms with E-state index in [1.54, 1.807) is 18.5 Å². The molecule has 0 aromatic carbocycles. The quantitative estimate of drug-likeness (QED) is 0.461.